The number of rotatable bonds is 7. The van der Waals surface area contributed by atoms with Crippen LogP contribution < -0.4 is 10.6 Å². The number of nitrogens with one attached hydrogen (secondary N) is 2. The van der Waals surface area contributed by atoms with Crippen LogP contribution in [-0.4, -0.2) is 50.1 Å². The highest BCUT2D eigenvalue weighted by molar-refractivity contribution is 5.75. The Hall–Kier alpha value is -0.610. The zero-order valence-corrected chi connectivity index (χ0v) is 12.2. The first kappa shape index (κ1) is 15.4. The minimum absolute atomic E-state index is 0.201. The zero-order valence-electron chi connectivity index (χ0n) is 12.2. The monoisotopic (exact) mass is 255 g/mol. The van der Waals surface area contributed by atoms with Gasteiger partial charge in [0.15, 0.2) is 0 Å². The predicted molar refractivity (Wildman–Crippen MR) is 75.6 cm³/mol. The molecular formula is C14H29N3O. The molecule has 0 aromatic carbocycles. The van der Waals surface area contributed by atoms with Gasteiger partial charge in [-0.25, -0.2) is 0 Å². The van der Waals surface area contributed by atoms with E-state index in [0.29, 0.717) is 6.42 Å². The van der Waals surface area contributed by atoms with Crippen LogP contribution in [0.4, 0.5) is 0 Å². The Balaban J connectivity index is 2.06. The van der Waals surface area contributed by atoms with Crippen LogP contribution in [0.25, 0.3) is 0 Å². The summed E-state index contributed by atoms with van der Waals surface area (Å²) in [5.74, 6) is 0.201. The van der Waals surface area contributed by atoms with E-state index in [4.69, 9.17) is 0 Å². The van der Waals surface area contributed by atoms with Crippen LogP contribution in [0.3, 0.4) is 0 Å². The number of hydrogen-bond donors (Lipinski definition) is 2. The van der Waals surface area contributed by atoms with E-state index >= 15 is 0 Å². The second-order valence-electron chi connectivity index (χ2n) is 5.99. The van der Waals surface area contributed by atoms with Crippen molar-refractivity contribution in [3.8, 4) is 0 Å². The zero-order chi connectivity index (χ0) is 13.4. The number of piperazine rings is 1. The molecule has 1 fully saturated rings. The molecule has 1 aliphatic heterocycles. The number of carbonyl (C=O) groups is 1. The highest BCUT2D eigenvalue weighted by Gasteiger charge is 2.16. The molecule has 0 bridgehead atoms. The lowest BCUT2D eigenvalue weighted by atomic mass is 9.90. The van der Waals surface area contributed by atoms with Crippen molar-refractivity contribution < 1.29 is 4.79 Å². The predicted octanol–water partition coefficient (Wildman–Crippen LogP) is 1.22. The molecule has 1 heterocycles. The maximum absolute atomic E-state index is 11.7. The maximum atomic E-state index is 11.7. The highest BCUT2D eigenvalue weighted by atomic mass is 16.1. The van der Waals surface area contributed by atoms with Crippen LogP contribution in [-0.2, 0) is 4.79 Å². The molecule has 0 atom stereocenters. The smallest absolute Gasteiger partial charge is 0.220 e. The van der Waals surface area contributed by atoms with Gasteiger partial charge in [-0.1, -0.05) is 20.8 Å². The Morgan fingerprint density at radius 3 is 2.61 bits per heavy atom. The fourth-order valence-corrected chi connectivity index (χ4v) is 1.95. The lowest BCUT2D eigenvalue weighted by molar-refractivity contribution is -0.121. The van der Waals surface area contributed by atoms with Gasteiger partial charge in [0.25, 0.3) is 0 Å². The Bertz CT molecular complexity index is 247. The summed E-state index contributed by atoms with van der Waals surface area (Å²) in [6.07, 6.45) is 2.72. The van der Waals surface area contributed by atoms with E-state index in [1.807, 2.05) is 0 Å². The second-order valence-corrected chi connectivity index (χ2v) is 5.99. The first-order chi connectivity index (χ1) is 8.53. The van der Waals surface area contributed by atoms with E-state index in [-0.39, 0.29) is 11.3 Å². The van der Waals surface area contributed by atoms with E-state index in [0.717, 1.165) is 52.1 Å². The van der Waals surface area contributed by atoms with Crippen LogP contribution >= 0.6 is 0 Å². The fourth-order valence-electron chi connectivity index (χ4n) is 1.95. The molecular weight excluding hydrogens is 226 g/mol. The van der Waals surface area contributed by atoms with Crippen LogP contribution in [0.1, 0.15) is 40.0 Å². The van der Waals surface area contributed by atoms with Crippen molar-refractivity contribution in [3.63, 3.8) is 0 Å². The quantitative estimate of drug-likeness (QED) is 0.719. The number of amides is 1. The van der Waals surface area contributed by atoms with Crippen LogP contribution in [0.5, 0.6) is 0 Å². The molecule has 2 N–H and O–H groups in total. The van der Waals surface area contributed by atoms with E-state index in [9.17, 15) is 4.79 Å². The third-order valence-corrected chi connectivity index (χ3v) is 3.81. The van der Waals surface area contributed by atoms with E-state index in [2.05, 4.69) is 36.3 Å². The minimum atomic E-state index is 0.201. The van der Waals surface area contributed by atoms with E-state index in [1.54, 1.807) is 0 Å². The van der Waals surface area contributed by atoms with Gasteiger partial charge >= 0.3 is 0 Å². The summed E-state index contributed by atoms with van der Waals surface area (Å²) in [4.78, 5) is 14.1. The Labute approximate surface area is 111 Å². The van der Waals surface area contributed by atoms with Crippen LogP contribution in [0.15, 0.2) is 0 Å². The molecule has 4 heteroatoms. The first-order valence-corrected chi connectivity index (χ1v) is 7.23. The number of nitrogens with zero attached hydrogens (tertiary/aromatic N) is 1. The SMILES string of the molecule is CCC(C)(C)CNC(=O)CCCN1CCNCC1. The molecule has 0 spiro atoms. The summed E-state index contributed by atoms with van der Waals surface area (Å²) in [5, 5.41) is 6.38. The van der Waals surface area contributed by atoms with E-state index in [1.165, 1.54) is 0 Å². The van der Waals surface area contributed by atoms with Gasteiger partial charge in [-0.2, -0.15) is 0 Å². The van der Waals surface area contributed by atoms with Crippen molar-refractivity contribution in [3.05, 3.63) is 0 Å². The average Bonchev–Trinajstić information content (AvgIpc) is 2.38. The molecule has 1 aliphatic rings. The molecule has 1 amide bonds. The maximum Gasteiger partial charge on any atom is 0.220 e. The van der Waals surface area contributed by atoms with Crippen molar-refractivity contribution in [2.24, 2.45) is 5.41 Å². The first-order valence-electron chi connectivity index (χ1n) is 7.23. The van der Waals surface area contributed by atoms with Crippen molar-refractivity contribution in [2.75, 3.05) is 39.3 Å². The summed E-state index contributed by atoms with van der Waals surface area (Å²) in [6, 6.07) is 0. The summed E-state index contributed by atoms with van der Waals surface area (Å²) in [6.45, 7) is 12.8. The molecule has 0 aliphatic carbocycles. The summed E-state index contributed by atoms with van der Waals surface area (Å²) >= 11 is 0. The summed E-state index contributed by atoms with van der Waals surface area (Å²) < 4.78 is 0. The molecule has 0 aromatic heterocycles. The largest absolute Gasteiger partial charge is 0.356 e. The Morgan fingerprint density at radius 1 is 1.33 bits per heavy atom. The molecule has 0 radical (unpaired) electrons. The van der Waals surface area contributed by atoms with Gasteiger partial charge in [-0.3, -0.25) is 4.79 Å². The minimum Gasteiger partial charge on any atom is -0.356 e. The molecule has 1 rings (SSSR count). The van der Waals surface area contributed by atoms with Crippen molar-refractivity contribution in [1.82, 2.24) is 15.5 Å². The van der Waals surface area contributed by atoms with Crippen molar-refractivity contribution in [1.29, 1.82) is 0 Å². The van der Waals surface area contributed by atoms with Gasteiger partial charge in [0.05, 0.1) is 0 Å². The van der Waals surface area contributed by atoms with Gasteiger partial charge in [-0.15, -0.1) is 0 Å². The van der Waals surface area contributed by atoms with Gasteiger partial charge in [0.1, 0.15) is 0 Å². The summed E-state index contributed by atoms with van der Waals surface area (Å²) in [5.41, 5.74) is 0.216. The molecule has 18 heavy (non-hydrogen) atoms. The molecule has 0 unspecified atom stereocenters. The summed E-state index contributed by atoms with van der Waals surface area (Å²) in [7, 11) is 0. The van der Waals surface area contributed by atoms with Gasteiger partial charge in [0.2, 0.25) is 5.91 Å². The molecule has 0 aromatic rings. The normalized spacial score (nSPS) is 17.7. The van der Waals surface area contributed by atoms with Crippen molar-refractivity contribution in [2.45, 2.75) is 40.0 Å². The van der Waals surface area contributed by atoms with Gasteiger partial charge in [-0.05, 0) is 24.8 Å². The average molecular weight is 255 g/mol. The fraction of sp³-hybridized carbons (Fsp3) is 0.929. The van der Waals surface area contributed by atoms with Crippen LogP contribution in [0.2, 0.25) is 0 Å². The lowest BCUT2D eigenvalue weighted by Crippen LogP contribution is -2.44. The Kier molecular flexibility index (Phi) is 6.65. The number of carbonyl (C=O) groups excluding carboxylic acids is 1. The van der Waals surface area contributed by atoms with Gasteiger partial charge in [0, 0.05) is 39.1 Å². The molecule has 4 nitrogen and oxygen atoms in total. The van der Waals surface area contributed by atoms with Crippen molar-refractivity contribution >= 4 is 5.91 Å². The lowest BCUT2D eigenvalue weighted by Gasteiger charge is -2.27. The molecule has 0 saturated carbocycles. The third kappa shape index (κ3) is 6.36. The topological polar surface area (TPSA) is 44.4 Å². The Morgan fingerprint density at radius 2 is 2.00 bits per heavy atom. The van der Waals surface area contributed by atoms with Gasteiger partial charge < -0.3 is 15.5 Å². The molecule has 1 saturated heterocycles. The van der Waals surface area contributed by atoms with Crippen LogP contribution in [0, 0.1) is 5.41 Å². The standard InChI is InChI=1S/C14H29N3O/c1-4-14(2,3)12-16-13(18)6-5-9-17-10-7-15-8-11-17/h15H,4-12H2,1-3H3,(H,16,18). The van der Waals surface area contributed by atoms with E-state index < -0.39 is 0 Å². The number of hydrogen-bond acceptors (Lipinski definition) is 3. The highest BCUT2D eigenvalue weighted by Crippen LogP contribution is 2.17. The second kappa shape index (κ2) is 7.74. The molecule has 106 valence electrons. The third-order valence-electron chi connectivity index (χ3n) is 3.81.